The van der Waals surface area contributed by atoms with Crippen LogP contribution in [0.2, 0.25) is 0 Å². The fourth-order valence-corrected chi connectivity index (χ4v) is 2.37. The van der Waals surface area contributed by atoms with Crippen molar-refractivity contribution >= 4 is 21.4 Å². The lowest BCUT2D eigenvalue weighted by Crippen LogP contribution is -2.35. The van der Waals surface area contributed by atoms with Crippen molar-refractivity contribution in [3.8, 4) is 0 Å². The van der Waals surface area contributed by atoms with Gasteiger partial charge in [-0.15, -0.1) is 0 Å². The normalized spacial score (nSPS) is 19.7. The van der Waals surface area contributed by atoms with E-state index >= 15 is 0 Å². The van der Waals surface area contributed by atoms with Crippen LogP contribution < -0.4 is 10.6 Å². The molecule has 1 aliphatic rings. The van der Waals surface area contributed by atoms with Crippen molar-refractivity contribution in [3.63, 3.8) is 0 Å². The van der Waals surface area contributed by atoms with Crippen LogP contribution in [0.25, 0.3) is 0 Å². The number of pyridine rings is 1. The second kappa shape index (κ2) is 5.03. The molecule has 1 fully saturated rings. The summed E-state index contributed by atoms with van der Waals surface area (Å²) < 4.78 is 22.4. The zero-order valence-corrected chi connectivity index (χ0v) is 10.8. The Morgan fingerprint density at radius 3 is 2.78 bits per heavy atom. The Morgan fingerprint density at radius 2 is 2.28 bits per heavy atom. The smallest absolute Gasteiger partial charge is 0.241 e. The predicted molar refractivity (Wildman–Crippen MR) is 67.0 cm³/mol. The number of nitrogens with one attached hydrogen (secondary N) is 2. The number of nitrogens with zero attached hydrogens (tertiary/aromatic N) is 1. The van der Waals surface area contributed by atoms with Gasteiger partial charge in [-0.2, -0.15) is 0 Å². The van der Waals surface area contributed by atoms with Gasteiger partial charge in [0.25, 0.3) is 0 Å². The third-order valence-corrected chi connectivity index (χ3v) is 3.76. The minimum Gasteiger partial charge on any atom is -0.323 e. The van der Waals surface area contributed by atoms with Crippen molar-refractivity contribution in [3.05, 3.63) is 18.3 Å². The first kappa shape index (κ1) is 13.0. The highest BCUT2D eigenvalue weighted by Gasteiger charge is 2.22. The Kier molecular flexibility index (Phi) is 3.63. The molecular weight excluding hydrogens is 254 g/mol. The molecule has 2 N–H and O–H groups in total. The number of rotatable bonds is 3. The average Bonchev–Trinajstić information content (AvgIpc) is 2.82. The Bertz CT molecular complexity index is 533. The Labute approximate surface area is 106 Å². The number of sulfone groups is 1. The van der Waals surface area contributed by atoms with Gasteiger partial charge < -0.3 is 10.6 Å². The molecule has 2 rings (SSSR count). The highest BCUT2D eigenvalue weighted by molar-refractivity contribution is 7.90. The molecule has 98 valence electrons. The molecule has 0 aliphatic carbocycles. The van der Waals surface area contributed by atoms with Crippen molar-refractivity contribution < 1.29 is 13.2 Å². The van der Waals surface area contributed by atoms with Gasteiger partial charge in [0.2, 0.25) is 5.91 Å². The molecule has 0 aromatic carbocycles. The van der Waals surface area contributed by atoms with E-state index in [1.807, 2.05) is 0 Å². The monoisotopic (exact) mass is 269 g/mol. The Hall–Kier alpha value is -1.47. The van der Waals surface area contributed by atoms with Crippen LogP contribution in [0.1, 0.15) is 12.8 Å². The van der Waals surface area contributed by atoms with Crippen molar-refractivity contribution in [2.24, 2.45) is 0 Å². The van der Waals surface area contributed by atoms with Crippen LogP contribution in [0.5, 0.6) is 0 Å². The summed E-state index contributed by atoms with van der Waals surface area (Å²) in [6.07, 6.45) is 4.25. The van der Waals surface area contributed by atoms with Gasteiger partial charge in [0.15, 0.2) is 14.9 Å². The van der Waals surface area contributed by atoms with Gasteiger partial charge in [0, 0.05) is 6.26 Å². The third kappa shape index (κ3) is 3.05. The van der Waals surface area contributed by atoms with Crippen molar-refractivity contribution in [1.29, 1.82) is 0 Å². The summed E-state index contributed by atoms with van der Waals surface area (Å²) in [7, 11) is -3.30. The van der Waals surface area contributed by atoms with E-state index in [0.717, 1.165) is 25.6 Å². The molecule has 1 aromatic rings. The van der Waals surface area contributed by atoms with Crippen molar-refractivity contribution in [2.45, 2.75) is 23.9 Å². The number of carbonyl (C=O) groups excluding carboxylic acids is 1. The van der Waals surface area contributed by atoms with Gasteiger partial charge in [-0.05, 0) is 31.5 Å². The van der Waals surface area contributed by atoms with E-state index in [4.69, 9.17) is 0 Å². The molecule has 18 heavy (non-hydrogen) atoms. The Balaban J connectivity index is 2.04. The quantitative estimate of drug-likeness (QED) is 0.817. The van der Waals surface area contributed by atoms with E-state index in [9.17, 15) is 13.2 Å². The van der Waals surface area contributed by atoms with Crippen LogP contribution in [-0.4, -0.2) is 38.2 Å². The van der Waals surface area contributed by atoms with Gasteiger partial charge in [-0.25, -0.2) is 13.4 Å². The molecule has 0 spiro atoms. The zero-order chi connectivity index (χ0) is 13.2. The summed E-state index contributed by atoms with van der Waals surface area (Å²) >= 11 is 0. The maximum atomic E-state index is 11.8. The molecule has 1 amide bonds. The van der Waals surface area contributed by atoms with Crippen LogP contribution in [0, 0.1) is 0 Å². The fourth-order valence-electron chi connectivity index (χ4n) is 1.81. The van der Waals surface area contributed by atoms with Gasteiger partial charge in [-0.1, -0.05) is 0 Å². The lowest BCUT2D eigenvalue weighted by molar-refractivity contribution is -0.117. The van der Waals surface area contributed by atoms with E-state index in [2.05, 4.69) is 15.6 Å². The molecule has 1 saturated heterocycles. The molecule has 1 atom stereocenters. The number of anilines is 1. The largest absolute Gasteiger partial charge is 0.323 e. The lowest BCUT2D eigenvalue weighted by atomic mass is 10.2. The highest BCUT2D eigenvalue weighted by atomic mass is 32.2. The van der Waals surface area contributed by atoms with E-state index in [-0.39, 0.29) is 17.0 Å². The lowest BCUT2D eigenvalue weighted by Gasteiger charge is -2.10. The first-order valence-electron chi connectivity index (χ1n) is 5.67. The number of aromatic nitrogens is 1. The Morgan fingerprint density at radius 1 is 1.50 bits per heavy atom. The molecule has 7 heteroatoms. The standard InChI is InChI=1S/C11H15N3O3S/c1-18(16,17)10-5-4-8(7-13-10)14-11(15)9-3-2-6-12-9/h4-5,7,9,12H,2-3,6H2,1H3,(H,14,15)/t9-/m1/s1. The zero-order valence-electron chi connectivity index (χ0n) is 10.0. The molecule has 0 bridgehead atoms. The minimum absolute atomic E-state index is 0.000472. The topological polar surface area (TPSA) is 88.2 Å². The molecule has 0 radical (unpaired) electrons. The van der Waals surface area contributed by atoms with Crippen LogP contribution in [0.4, 0.5) is 5.69 Å². The van der Waals surface area contributed by atoms with E-state index in [0.29, 0.717) is 5.69 Å². The number of hydrogen-bond donors (Lipinski definition) is 2. The van der Waals surface area contributed by atoms with E-state index in [1.165, 1.54) is 18.3 Å². The molecule has 0 unspecified atom stereocenters. The number of hydrogen-bond acceptors (Lipinski definition) is 5. The molecule has 1 aromatic heterocycles. The molecule has 2 heterocycles. The maximum absolute atomic E-state index is 11.8. The summed E-state index contributed by atoms with van der Waals surface area (Å²) in [6.45, 7) is 0.851. The van der Waals surface area contributed by atoms with E-state index < -0.39 is 9.84 Å². The van der Waals surface area contributed by atoms with Crippen LogP contribution in [-0.2, 0) is 14.6 Å². The van der Waals surface area contributed by atoms with Gasteiger partial charge >= 0.3 is 0 Å². The number of amides is 1. The first-order valence-corrected chi connectivity index (χ1v) is 7.56. The molecular formula is C11H15N3O3S. The summed E-state index contributed by atoms with van der Waals surface area (Å²) in [6, 6.07) is 2.75. The minimum atomic E-state index is -3.30. The third-order valence-electron chi connectivity index (χ3n) is 2.76. The van der Waals surface area contributed by atoms with Crippen molar-refractivity contribution in [1.82, 2.24) is 10.3 Å². The van der Waals surface area contributed by atoms with Gasteiger partial charge in [0.1, 0.15) is 0 Å². The first-order chi connectivity index (χ1) is 8.47. The highest BCUT2D eigenvalue weighted by Crippen LogP contribution is 2.12. The fraction of sp³-hybridized carbons (Fsp3) is 0.455. The summed E-state index contributed by atoms with van der Waals surface area (Å²) in [4.78, 5) is 15.6. The predicted octanol–water partition coefficient (Wildman–Crippen LogP) is 0.176. The maximum Gasteiger partial charge on any atom is 0.241 e. The summed E-state index contributed by atoms with van der Waals surface area (Å²) in [5.41, 5.74) is 0.501. The van der Waals surface area contributed by atoms with Crippen LogP contribution in [0.15, 0.2) is 23.4 Å². The van der Waals surface area contributed by atoms with Gasteiger partial charge in [-0.3, -0.25) is 4.79 Å². The van der Waals surface area contributed by atoms with Gasteiger partial charge in [0.05, 0.1) is 17.9 Å². The second-order valence-electron chi connectivity index (χ2n) is 4.30. The van der Waals surface area contributed by atoms with Crippen molar-refractivity contribution in [2.75, 3.05) is 18.1 Å². The summed E-state index contributed by atoms with van der Waals surface area (Å²) in [5.74, 6) is -0.110. The SMILES string of the molecule is CS(=O)(=O)c1ccc(NC(=O)[C@H]2CCCN2)cn1. The van der Waals surface area contributed by atoms with Crippen LogP contribution in [0.3, 0.4) is 0 Å². The second-order valence-corrected chi connectivity index (χ2v) is 6.26. The summed E-state index contributed by atoms with van der Waals surface area (Å²) in [5, 5.41) is 5.79. The molecule has 1 aliphatic heterocycles. The van der Waals surface area contributed by atoms with E-state index in [1.54, 1.807) is 0 Å². The molecule has 0 saturated carbocycles. The number of carbonyl (C=O) groups is 1. The van der Waals surface area contributed by atoms with Crippen LogP contribution >= 0.6 is 0 Å². The average molecular weight is 269 g/mol. The molecule has 6 nitrogen and oxygen atoms in total.